The molecule has 26 heavy (non-hydrogen) atoms. The van der Waals surface area contributed by atoms with Crippen LogP contribution in [0.4, 0.5) is 5.69 Å². The Bertz CT molecular complexity index is 795. The second-order valence-corrected chi connectivity index (χ2v) is 5.82. The maximum atomic E-state index is 12.2. The molecule has 6 N–H and O–H groups in total. The molecule has 0 spiro atoms. The summed E-state index contributed by atoms with van der Waals surface area (Å²) in [4.78, 5) is 27.2. The van der Waals surface area contributed by atoms with Gasteiger partial charge in [-0.2, -0.15) is 0 Å². The zero-order chi connectivity index (χ0) is 19.1. The van der Waals surface area contributed by atoms with Gasteiger partial charge in [-0.1, -0.05) is 19.1 Å². The first kappa shape index (κ1) is 19.0. The molecule has 0 fully saturated rings. The highest BCUT2D eigenvalue weighted by Gasteiger charge is 2.13. The molecule has 2 aromatic carbocycles. The lowest BCUT2D eigenvalue weighted by Gasteiger charge is -2.14. The van der Waals surface area contributed by atoms with Crippen LogP contribution < -0.4 is 21.9 Å². The van der Waals surface area contributed by atoms with E-state index in [2.05, 4.69) is 4.99 Å². The lowest BCUT2D eigenvalue weighted by molar-refractivity contribution is -0.118. The Balaban J connectivity index is 2.05. The van der Waals surface area contributed by atoms with Gasteiger partial charge in [-0.25, -0.2) is 9.79 Å². The van der Waals surface area contributed by atoms with Crippen molar-refractivity contribution in [3.8, 4) is 5.75 Å². The van der Waals surface area contributed by atoms with Crippen LogP contribution in [0.3, 0.4) is 0 Å². The van der Waals surface area contributed by atoms with E-state index in [1.165, 1.54) is 0 Å². The molecule has 1 unspecified atom stereocenters. The van der Waals surface area contributed by atoms with Crippen LogP contribution in [0.25, 0.3) is 0 Å². The number of amides is 1. The van der Waals surface area contributed by atoms with Gasteiger partial charge in [0.05, 0.1) is 11.3 Å². The van der Waals surface area contributed by atoms with Gasteiger partial charge in [-0.15, -0.1) is 0 Å². The van der Waals surface area contributed by atoms with E-state index in [-0.39, 0.29) is 24.2 Å². The number of carbonyl (C=O) groups is 2. The van der Waals surface area contributed by atoms with Crippen LogP contribution in [-0.2, 0) is 4.79 Å². The number of hydrogen-bond acceptors (Lipinski definition) is 4. The summed E-state index contributed by atoms with van der Waals surface area (Å²) < 4.78 is 5.36. The smallest absolute Gasteiger partial charge is 0.343 e. The number of primary amides is 1. The first-order chi connectivity index (χ1) is 12.4. The van der Waals surface area contributed by atoms with Gasteiger partial charge in [0.25, 0.3) is 0 Å². The monoisotopic (exact) mass is 354 g/mol. The minimum atomic E-state index is -0.488. The molecule has 1 amide bonds. The van der Waals surface area contributed by atoms with E-state index in [1.54, 1.807) is 36.4 Å². The van der Waals surface area contributed by atoms with Gasteiger partial charge in [0.15, 0.2) is 5.96 Å². The fourth-order valence-corrected chi connectivity index (χ4v) is 2.54. The number of carbonyl (C=O) groups excluding carboxylic acids is 2. The zero-order valence-corrected chi connectivity index (χ0v) is 14.5. The van der Waals surface area contributed by atoms with E-state index in [0.29, 0.717) is 17.0 Å². The largest absolute Gasteiger partial charge is 0.423 e. The number of ether oxygens (including phenoxy) is 1. The molecule has 1 atom stereocenters. The molecule has 0 radical (unpaired) electrons. The van der Waals surface area contributed by atoms with Crippen molar-refractivity contribution >= 4 is 23.5 Å². The number of nitrogens with zero attached hydrogens (tertiary/aromatic N) is 1. The summed E-state index contributed by atoms with van der Waals surface area (Å²) in [5.41, 5.74) is 17.8. The molecule has 0 saturated carbocycles. The average molecular weight is 354 g/mol. The maximum absolute atomic E-state index is 12.2. The highest BCUT2D eigenvalue weighted by atomic mass is 16.5. The Morgan fingerprint density at radius 1 is 1.00 bits per heavy atom. The maximum Gasteiger partial charge on any atom is 0.343 e. The van der Waals surface area contributed by atoms with Crippen molar-refractivity contribution in [3.63, 3.8) is 0 Å². The van der Waals surface area contributed by atoms with Crippen LogP contribution in [0.1, 0.15) is 41.6 Å². The number of esters is 1. The lowest BCUT2D eigenvalue weighted by Crippen LogP contribution is -2.21. The van der Waals surface area contributed by atoms with Crippen LogP contribution >= 0.6 is 0 Å². The molecule has 7 heteroatoms. The third-order valence-corrected chi connectivity index (χ3v) is 3.86. The summed E-state index contributed by atoms with van der Waals surface area (Å²) in [6.07, 6.45) is 1.09. The van der Waals surface area contributed by atoms with Crippen LogP contribution in [0.2, 0.25) is 0 Å². The fraction of sp³-hybridized carbons (Fsp3) is 0.211. The number of nitrogens with two attached hydrogens (primary N) is 3. The minimum Gasteiger partial charge on any atom is -0.423 e. The number of guanidine groups is 1. The summed E-state index contributed by atoms with van der Waals surface area (Å²) in [6, 6.07) is 13.5. The Hall–Kier alpha value is -3.35. The number of aliphatic imine (C=N–C) groups is 1. The molecule has 0 aliphatic heterocycles. The summed E-state index contributed by atoms with van der Waals surface area (Å²) in [5, 5.41) is 0. The van der Waals surface area contributed by atoms with E-state index in [1.807, 2.05) is 19.1 Å². The van der Waals surface area contributed by atoms with Crippen molar-refractivity contribution in [2.75, 3.05) is 0 Å². The molecule has 0 aromatic heterocycles. The Kier molecular flexibility index (Phi) is 6.32. The molecule has 136 valence electrons. The Morgan fingerprint density at radius 3 is 2.12 bits per heavy atom. The van der Waals surface area contributed by atoms with Crippen LogP contribution in [0, 0.1) is 0 Å². The van der Waals surface area contributed by atoms with E-state index in [0.717, 1.165) is 12.0 Å². The first-order valence-electron chi connectivity index (χ1n) is 8.19. The van der Waals surface area contributed by atoms with Crippen LogP contribution in [0.15, 0.2) is 53.5 Å². The third kappa shape index (κ3) is 5.34. The predicted molar refractivity (Wildman–Crippen MR) is 100 cm³/mol. The van der Waals surface area contributed by atoms with Crippen molar-refractivity contribution in [2.45, 2.75) is 25.7 Å². The van der Waals surface area contributed by atoms with Crippen molar-refractivity contribution in [2.24, 2.45) is 22.2 Å². The van der Waals surface area contributed by atoms with Crippen molar-refractivity contribution in [1.29, 1.82) is 0 Å². The zero-order valence-electron chi connectivity index (χ0n) is 14.5. The molecule has 7 nitrogen and oxygen atoms in total. The van der Waals surface area contributed by atoms with E-state index in [9.17, 15) is 9.59 Å². The number of benzene rings is 2. The normalized spacial score (nSPS) is 11.4. The molecule has 2 rings (SSSR count). The van der Waals surface area contributed by atoms with Gasteiger partial charge in [-0.05, 0) is 54.3 Å². The molecule has 0 aliphatic carbocycles. The lowest BCUT2D eigenvalue weighted by atomic mass is 9.93. The summed E-state index contributed by atoms with van der Waals surface area (Å²) in [6.45, 7) is 1.99. The quantitative estimate of drug-likeness (QED) is 0.303. The molecule has 0 saturated heterocycles. The predicted octanol–water partition coefficient (Wildman–Crippen LogP) is 2.18. The SMILES string of the molecule is CCC(CC(N)=O)c1ccc(OC(=O)c2ccc(N=C(N)N)cc2)cc1. The average Bonchev–Trinajstić information content (AvgIpc) is 2.60. The van der Waals surface area contributed by atoms with Crippen molar-refractivity contribution < 1.29 is 14.3 Å². The standard InChI is InChI=1S/C19H22N4O3/c1-2-12(11-17(20)24)13-5-9-16(10-6-13)26-18(25)14-3-7-15(8-4-14)23-19(21)22/h3-10,12H,2,11H2,1H3,(H2,20,24)(H4,21,22,23). The van der Waals surface area contributed by atoms with Gasteiger partial charge in [0.2, 0.25) is 5.91 Å². The number of rotatable bonds is 7. The van der Waals surface area contributed by atoms with E-state index >= 15 is 0 Å². The Morgan fingerprint density at radius 2 is 1.62 bits per heavy atom. The first-order valence-corrected chi connectivity index (χ1v) is 8.19. The van der Waals surface area contributed by atoms with Crippen LogP contribution in [-0.4, -0.2) is 17.8 Å². The molecule has 0 heterocycles. The summed E-state index contributed by atoms with van der Waals surface area (Å²) in [7, 11) is 0. The second-order valence-electron chi connectivity index (χ2n) is 5.82. The molecular weight excluding hydrogens is 332 g/mol. The summed E-state index contributed by atoms with van der Waals surface area (Å²) >= 11 is 0. The second kappa shape index (κ2) is 8.66. The molecule has 0 aliphatic rings. The van der Waals surface area contributed by atoms with Crippen molar-refractivity contribution in [3.05, 3.63) is 59.7 Å². The van der Waals surface area contributed by atoms with E-state index in [4.69, 9.17) is 21.9 Å². The molecular formula is C19H22N4O3. The minimum absolute atomic E-state index is 0.0536. The topological polar surface area (TPSA) is 134 Å². The van der Waals surface area contributed by atoms with Gasteiger partial charge in [0, 0.05) is 6.42 Å². The number of hydrogen-bond donors (Lipinski definition) is 3. The van der Waals surface area contributed by atoms with Crippen molar-refractivity contribution in [1.82, 2.24) is 0 Å². The summed E-state index contributed by atoms with van der Waals surface area (Å²) in [5.74, 6) is -0.404. The highest BCUT2D eigenvalue weighted by Crippen LogP contribution is 2.25. The Labute approximate surface area is 151 Å². The highest BCUT2D eigenvalue weighted by molar-refractivity contribution is 5.91. The fourth-order valence-electron chi connectivity index (χ4n) is 2.54. The van der Waals surface area contributed by atoms with Gasteiger partial charge >= 0.3 is 5.97 Å². The van der Waals surface area contributed by atoms with Gasteiger partial charge in [-0.3, -0.25) is 4.79 Å². The molecule has 0 bridgehead atoms. The third-order valence-electron chi connectivity index (χ3n) is 3.86. The van der Waals surface area contributed by atoms with Gasteiger partial charge < -0.3 is 21.9 Å². The van der Waals surface area contributed by atoms with Crippen LogP contribution in [0.5, 0.6) is 5.75 Å². The molecule has 2 aromatic rings. The van der Waals surface area contributed by atoms with Gasteiger partial charge in [0.1, 0.15) is 5.75 Å². The van der Waals surface area contributed by atoms with E-state index < -0.39 is 5.97 Å².